The van der Waals surface area contributed by atoms with Crippen molar-refractivity contribution in [2.75, 3.05) is 61.5 Å². The molecule has 1 unspecified atom stereocenters. The Kier molecular flexibility index (Phi) is 8.91. The smallest absolute Gasteiger partial charge is 0.247 e. The highest BCUT2D eigenvalue weighted by Crippen LogP contribution is 2.40. The van der Waals surface area contributed by atoms with Gasteiger partial charge in [0, 0.05) is 43.2 Å². The van der Waals surface area contributed by atoms with E-state index in [1.807, 2.05) is 42.5 Å². The topological polar surface area (TPSA) is 95.1 Å². The molecule has 2 saturated heterocycles. The van der Waals surface area contributed by atoms with Gasteiger partial charge >= 0.3 is 0 Å². The summed E-state index contributed by atoms with van der Waals surface area (Å²) < 4.78 is 5.80. The van der Waals surface area contributed by atoms with Gasteiger partial charge < -0.3 is 25.2 Å². The molecular formula is C32H37N7O3. The van der Waals surface area contributed by atoms with Crippen LogP contribution in [0.15, 0.2) is 61.4 Å². The third-order valence-electron chi connectivity index (χ3n) is 7.78. The summed E-state index contributed by atoms with van der Waals surface area (Å²) in [6.45, 7) is 5.92. The third kappa shape index (κ3) is 6.33. The van der Waals surface area contributed by atoms with Gasteiger partial charge in [0.1, 0.15) is 17.9 Å². The lowest BCUT2D eigenvalue weighted by Crippen LogP contribution is -2.42. The minimum absolute atomic E-state index is 0.0350. The zero-order valence-corrected chi connectivity index (χ0v) is 24.3. The van der Waals surface area contributed by atoms with Gasteiger partial charge in [-0.3, -0.25) is 9.63 Å². The SMILES string of the molecule is C#Cc1cccc(C2CCON2c2cc(Nc3cc(NC(=O)C=C)c(N4CCC(N(C)C)CC4)cc3OC)ncn2)c1. The van der Waals surface area contributed by atoms with Crippen molar-refractivity contribution in [1.29, 1.82) is 0 Å². The van der Waals surface area contributed by atoms with Crippen molar-refractivity contribution in [2.45, 2.75) is 31.3 Å². The molecule has 1 aromatic heterocycles. The summed E-state index contributed by atoms with van der Waals surface area (Å²) in [4.78, 5) is 31.9. The Bertz CT molecular complexity index is 1480. The van der Waals surface area contributed by atoms with E-state index >= 15 is 0 Å². The zero-order valence-electron chi connectivity index (χ0n) is 24.3. The second-order valence-electron chi connectivity index (χ2n) is 10.6. The van der Waals surface area contributed by atoms with Gasteiger partial charge in [-0.15, -0.1) is 6.42 Å². The molecule has 1 atom stereocenters. The van der Waals surface area contributed by atoms with Gasteiger partial charge in [0.2, 0.25) is 5.91 Å². The van der Waals surface area contributed by atoms with Gasteiger partial charge in [0.15, 0.2) is 5.82 Å². The Morgan fingerprint density at radius 1 is 1.17 bits per heavy atom. The van der Waals surface area contributed by atoms with E-state index in [-0.39, 0.29) is 11.9 Å². The van der Waals surface area contributed by atoms with Crippen LogP contribution in [0.25, 0.3) is 0 Å². The molecule has 3 heterocycles. The zero-order chi connectivity index (χ0) is 29.6. The van der Waals surface area contributed by atoms with Gasteiger partial charge in [-0.2, -0.15) is 0 Å². The highest BCUT2D eigenvalue weighted by Gasteiger charge is 2.30. The van der Waals surface area contributed by atoms with E-state index in [1.54, 1.807) is 12.2 Å². The summed E-state index contributed by atoms with van der Waals surface area (Å²) in [6.07, 6.45) is 11.2. The second-order valence-corrected chi connectivity index (χ2v) is 10.6. The predicted molar refractivity (Wildman–Crippen MR) is 166 cm³/mol. The maximum atomic E-state index is 12.4. The molecule has 3 aromatic rings. The number of terminal acetylenes is 1. The van der Waals surface area contributed by atoms with Crippen LogP contribution in [0.3, 0.4) is 0 Å². The summed E-state index contributed by atoms with van der Waals surface area (Å²) in [7, 11) is 5.86. The molecule has 1 amide bonds. The van der Waals surface area contributed by atoms with Crippen molar-refractivity contribution in [3.63, 3.8) is 0 Å². The molecule has 2 N–H and O–H groups in total. The van der Waals surface area contributed by atoms with Crippen LogP contribution in [0, 0.1) is 12.3 Å². The van der Waals surface area contributed by atoms with E-state index in [2.05, 4.69) is 57.0 Å². The number of aromatic nitrogens is 2. The van der Waals surface area contributed by atoms with Crippen molar-refractivity contribution in [3.8, 4) is 18.1 Å². The summed E-state index contributed by atoms with van der Waals surface area (Å²) in [5.74, 6) is 4.20. The minimum atomic E-state index is -0.286. The molecule has 0 spiro atoms. The first-order valence-corrected chi connectivity index (χ1v) is 14.0. The van der Waals surface area contributed by atoms with E-state index in [1.165, 1.54) is 12.4 Å². The summed E-state index contributed by atoms with van der Waals surface area (Å²) in [5, 5.41) is 8.14. The Morgan fingerprint density at radius 3 is 2.69 bits per heavy atom. The number of piperidine rings is 1. The van der Waals surface area contributed by atoms with E-state index in [0.29, 0.717) is 41.4 Å². The maximum absolute atomic E-state index is 12.4. The lowest BCUT2D eigenvalue weighted by atomic mass is 10.0. The third-order valence-corrected chi connectivity index (χ3v) is 7.78. The normalized spacial score (nSPS) is 17.2. The van der Waals surface area contributed by atoms with Crippen LogP contribution >= 0.6 is 0 Å². The Balaban J connectivity index is 1.42. The number of ether oxygens (including phenoxy) is 1. The number of hydrogen-bond acceptors (Lipinski definition) is 9. The van der Waals surface area contributed by atoms with Crippen LogP contribution < -0.4 is 25.3 Å². The standard InChI is InChI=1S/C32H37N7O3/c1-6-22-9-8-10-23(17-22)27-13-16-42-39(27)31-20-30(33-21-34-31)35-26-18-25(36-32(40)7-2)28(19-29(26)41-5)38-14-11-24(12-15-38)37(3)4/h1,7-10,17-21,24,27H,2,11-16H2,3-5H3,(H,36,40)(H,33,34,35). The van der Waals surface area contributed by atoms with E-state index in [0.717, 1.165) is 49.2 Å². The number of methoxy groups -OCH3 is 1. The second kappa shape index (κ2) is 12.9. The predicted octanol–water partition coefficient (Wildman–Crippen LogP) is 4.75. The number of hydrogen-bond donors (Lipinski definition) is 2. The number of hydroxylamine groups is 1. The Hall–Kier alpha value is -4.59. The highest BCUT2D eigenvalue weighted by atomic mass is 16.7. The molecule has 0 saturated carbocycles. The number of nitrogens with zero attached hydrogens (tertiary/aromatic N) is 5. The fourth-order valence-electron chi connectivity index (χ4n) is 5.51. The van der Waals surface area contributed by atoms with Crippen molar-refractivity contribution >= 4 is 34.6 Å². The monoisotopic (exact) mass is 567 g/mol. The van der Waals surface area contributed by atoms with Crippen LogP contribution in [0.5, 0.6) is 5.75 Å². The number of carbonyl (C=O) groups is 1. The lowest BCUT2D eigenvalue weighted by molar-refractivity contribution is -0.111. The molecule has 0 radical (unpaired) electrons. The maximum Gasteiger partial charge on any atom is 0.247 e. The first kappa shape index (κ1) is 28.9. The molecule has 2 aromatic carbocycles. The van der Waals surface area contributed by atoms with Crippen LogP contribution in [-0.2, 0) is 9.63 Å². The van der Waals surface area contributed by atoms with Crippen LogP contribution in [0.2, 0.25) is 0 Å². The molecule has 0 bridgehead atoms. The van der Waals surface area contributed by atoms with Crippen LogP contribution in [0.4, 0.5) is 28.7 Å². The summed E-state index contributed by atoms with van der Waals surface area (Å²) >= 11 is 0. The molecule has 0 aliphatic carbocycles. The van der Waals surface area contributed by atoms with Crippen LogP contribution in [-0.4, -0.2) is 67.7 Å². The summed E-state index contributed by atoms with van der Waals surface area (Å²) in [5.41, 5.74) is 4.09. The molecular weight excluding hydrogens is 530 g/mol. The fourth-order valence-corrected chi connectivity index (χ4v) is 5.51. The minimum Gasteiger partial charge on any atom is -0.494 e. The van der Waals surface area contributed by atoms with Gasteiger partial charge in [-0.25, -0.2) is 15.0 Å². The quantitative estimate of drug-likeness (QED) is 0.281. The average molecular weight is 568 g/mol. The first-order valence-electron chi connectivity index (χ1n) is 14.0. The highest BCUT2D eigenvalue weighted by molar-refractivity contribution is 6.02. The van der Waals surface area contributed by atoms with Crippen molar-refractivity contribution < 1.29 is 14.4 Å². The van der Waals surface area contributed by atoms with Crippen LogP contribution in [0.1, 0.15) is 36.4 Å². The Morgan fingerprint density at radius 2 is 1.98 bits per heavy atom. The van der Waals surface area contributed by atoms with Gasteiger partial charge in [-0.1, -0.05) is 24.6 Å². The fraction of sp³-hybridized carbons (Fsp3) is 0.344. The first-order chi connectivity index (χ1) is 20.4. The largest absolute Gasteiger partial charge is 0.494 e. The number of benzene rings is 2. The molecule has 10 nitrogen and oxygen atoms in total. The molecule has 2 aliphatic heterocycles. The van der Waals surface area contributed by atoms with E-state index < -0.39 is 0 Å². The molecule has 5 rings (SSSR count). The van der Waals surface area contributed by atoms with E-state index in [9.17, 15) is 4.79 Å². The lowest BCUT2D eigenvalue weighted by Gasteiger charge is -2.37. The number of anilines is 5. The molecule has 2 aliphatic rings. The summed E-state index contributed by atoms with van der Waals surface area (Å²) in [6, 6.07) is 14.1. The van der Waals surface area contributed by atoms with Crippen molar-refractivity contribution in [2.24, 2.45) is 0 Å². The number of rotatable bonds is 9. The van der Waals surface area contributed by atoms with E-state index in [4.69, 9.17) is 16.0 Å². The molecule has 42 heavy (non-hydrogen) atoms. The van der Waals surface area contributed by atoms with Crippen molar-refractivity contribution in [3.05, 3.63) is 72.6 Å². The molecule has 218 valence electrons. The Labute approximate surface area is 247 Å². The van der Waals surface area contributed by atoms with Crippen molar-refractivity contribution in [1.82, 2.24) is 14.9 Å². The number of amides is 1. The molecule has 2 fully saturated rings. The van der Waals surface area contributed by atoms with Gasteiger partial charge in [0.25, 0.3) is 0 Å². The van der Waals surface area contributed by atoms with Gasteiger partial charge in [-0.05, 0) is 56.8 Å². The average Bonchev–Trinajstić information content (AvgIpc) is 3.52. The van der Waals surface area contributed by atoms with Gasteiger partial charge in [0.05, 0.1) is 36.8 Å². The molecule has 10 heteroatoms. The number of nitrogens with one attached hydrogen (secondary N) is 2. The number of carbonyl (C=O) groups excluding carboxylic acids is 1.